The number of carbonyl (C=O) groups excluding carboxylic acids is 1. The molecule has 1 aliphatic rings. The zero-order valence-corrected chi connectivity index (χ0v) is 11.4. The van der Waals surface area contributed by atoms with Crippen LogP contribution in [-0.2, 0) is 4.79 Å². The van der Waals surface area contributed by atoms with E-state index in [1.54, 1.807) is 24.3 Å². The van der Waals surface area contributed by atoms with E-state index < -0.39 is 0 Å². The number of carbonyl (C=O) groups is 1. The molecular weight excluding hydrogens is 276 g/mol. The second-order valence-electron chi connectivity index (χ2n) is 4.63. The average molecular weight is 289 g/mol. The number of nitrogens with zero attached hydrogens (tertiary/aromatic N) is 1. The summed E-state index contributed by atoms with van der Waals surface area (Å²) in [5, 5.41) is 12.9. The molecule has 0 spiro atoms. The Balaban J connectivity index is 2.09. The van der Waals surface area contributed by atoms with Crippen molar-refractivity contribution in [1.82, 2.24) is 0 Å². The number of nitrogens with one attached hydrogen (secondary N) is 1. The van der Waals surface area contributed by atoms with Gasteiger partial charge in [0.2, 0.25) is 5.91 Å². The molecule has 20 heavy (non-hydrogen) atoms. The topological polar surface area (TPSA) is 52.6 Å². The Hall–Kier alpha value is -2.20. The highest BCUT2D eigenvalue weighted by Gasteiger charge is 2.20. The molecular formula is C15H13ClN2O2. The Bertz CT molecular complexity index is 655. The Morgan fingerprint density at radius 3 is 2.65 bits per heavy atom. The molecule has 0 saturated heterocycles. The highest BCUT2D eigenvalue weighted by molar-refractivity contribution is 6.31. The maximum absolute atomic E-state index is 11.8. The predicted octanol–water partition coefficient (Wildman–Crippen LogP) is 3.53. The number of hydrogen-bond donors (Lipinski definition) is 2. The van der Waals surface area contributed by atoms with E-state index >= 15 is 0 Å². The van der Waals surface area contributed by atoms with E-state index in [0.717, 1.165) is 17.1 Å². The standard InChI is InChI=1S/C15H13ClN2O2/c16-10-1-6-13-14(9-10)18(8-7-15(20)17-13)11-2-4-12(19)5-3-11/h1-6,9,19H,7-8H2,(H,17,20). The predicted molar refractivity (Wildman–Crippen MR) is 79.8 cm³/mol. The van der Waals surface area contributed by atoms with Crippen molar-refractivity contribution in [2.75, 3.05) is 16.8 Å². The van der Waals surface area contributed by atoms with Crippen molar-refractivity contribution >= 4 is 34.6 Å². The van der Waals surface area contributed by atoms with E-state index in [1.807, 2.05) is 23.1 Å². The number of hydrogen-bond acceptors (Lipinski definition) is 3. The molecule has 102 valence electrons. The molecule has 1 heterocycles. The first-order valence-corrected chi connectivity index (χ1v) is 6.67. The summed E-state index contributed by atoms with van der Waals surface area (Å²) < 4.78 is 0. The van der Waals surface area contributed by atoms with Crippen LogP contribution in [0.1, 0.15) is 6.42 Å². The minimum absolute atomic E-state index is 0.0187. The second kappa shape index (κ2) is 5.06. The SMILES string of the molecule is O=C1CCN(c2ccc(O)cc2)c2cc(Cl)ccc2N1. The zero-order valence-electron chi connectivity index (χ0n) is 10.6. The molecule has 0 unspecified atom stereocenters. The molecule has 2 N–H and O–H groups in total. The quantitative estimate of drug-likeness (QED) is 0.844. The van der Waals surface area contributed by atoms with Crippen LogP contribution in [-0.4, -0.2) is 17.6 Å². The van der Waals surface area contributed by atoms with E-state index in [9.17, 15) is 9.90 Å². The van der Waals surface area contributed by atoms with Crippen LogP contribution in [0.5, 0.6) is 5.75 Å². The van der Waals surface area contributed by atoms with Gasteiger partial charge in [0.05, 0.1) is 11.4 Å². The average Bonchev–Trinajstić information content (AvgIpc) is 2.58. The normalized spacial score (nSPS) is 14.4. The van der Waals surface area contributed by atoms with Gasteiger partial charge in [-0.25, -0.2) is 0 Å². The number of halogens is 1. The smallest absolute Gasteiger partial charge is 0.226 e. The summed E-state index contributed by atoms with van der Waals surface area (Å²) >= 11 is 6.06. The van der Waals surface area contributed by atoms with Crippen molar-refractivity contribution in [3.63, 3.8) is 0 Å². The van der Waals surface area contributed by atoms with Crippen molar-refractivity contribution in [2.24, 2.45) is 0 Å². The van der Waals surface area contributed by atoms with E-state index in [2.05, 4.69) is 5.32 Å². The van der Waals surface area contributed by atoms with Gasteiger partial charge in [0.1, 0.15) is 5.75 Å². The number of fused-ring (bicyclic) bond motifs is 1. The molecule has 0 radical (unpaired) electrons. The summed E-state index contributed by atoms with van der Waals surface area (Å²) in [7, 11) is 0. The summed E-state index contributed by atoms with van der Waals surface area (Å²) in [5.74, 6) is 0.193. The maximum Gasteiger partial charge on any atom is 0.226 e. The van der Waals surface area contributed by atoms with Gasteiger partial charge in [0.15, 0.2) is 0 Å². The molecule has 0 aliphatic carbocycles. The van der Waals surface area contributed by atoms with Crippen molar-refractivity contribution < 1.29 is 9.90 Å². The molecule has 2 aromatic carbocycles. The third-order valence-electron chi connectivity index (χ3n) is 3.25. The van der Waals surface area contributed by atoms with Crippen molar-refractivity contribution in [3.05, 3.63) is 47.5 Å². The van der Waals surface area contributed by atoms with Gasteiger partial charge in [0.25, 0.3) is 0 Å². The van der Waals surface area contributed by atoms with Crippen LogP contribution in [0.25, 0.3) is 0 Å². The summed E-state index contributed by atoms with van der Waals surface area (Å²) in [6, 6.07) is 12.3. The van der Waals surface area contributed by atoms with Crippen LogP contribution in [0.3, 0.4) is 0 Å². The number of benzene rings is 2. The molecule has 1 amide bonds. The molecule has 1 aliphatic heterocycles. The highest BCUT2D eigenvalue weighted by Crippen LogP contribution is 2.36. The fourth-order valence-corrected chi connectivity index (χ4v) is 2.45. The number of phenolic OH excluding ortho intramolecular Hbond substituents is 1. The molecule has 2 aromatic rings. The summed E-state index contributed by atoms with van der Waals surface area (Å²) in [6.45, 7) is 0.559. The van der Waals surface area contributed by atoms with Crippen LogP contribution in [0, 0.1) is 0 Å². The Labute approximate surface area is 121 Å². The molecule has 4 nitrogen and oxygen atoms in total. The third-order valence-corrected chi connectivity index (χ3v) is 3.48. The van der Waals surface area contributed by atoms with Gasteiger partial charge in [-0.3, -0.25) is 4.79 Å². The molecule has 0 bridgehead atoms. The lowest BCUT2D eigenvalue weighted by Gasteiger charge is -2.24. The number of phenols is 1. The third kappa shape index (κ3) is 2.42. The van der Waals surface area contributed by atoms with E-state index in [4.69, 9.17) is 11.6 Å². The minimum atomic E-state index is -0.0187. The van der Waals surface area contributed by atoms with Gasteiger partial charge in [-0.2, -0.15) is 0 Å². The minimum Gasteiger partial charge on any atom is -0.508 e. The van der Waals surface area contributed by atoms with Gasteiger partial charge in [-0.05, 0) is 42.5 Å². The largest absolute Gasteiger partial charge is 0.508 e. The van der Waals surface area contributed by atoms with Crippen molar-refractivity contribution in [3.8, 4) is 5.75 Å². The molecule has 5 heteroatoms. The van der Waals surface area contributed by atoms with Gasteiger partial charge in [-0.1, -0.05) is 11.6 Å². The molecule has 0 aromatic heterocycles. The lowest BCUT2D eigenvalue weighted by atomic mass is 10.2. The highest BCUT2D eigenvalue weighted by atomic mass is 35.5. The molecule has 0 atom stereocenters. The first kappa shape index (κ1) is 12.8. The molecule has 0 saturated carbocycles. The van der Waals surface area contributed by atoms with Gasteiger partial charge in [-0.15, -0.1) is 0 Å². The number of anilines is 3. The van der Waals surface area contributed by atoms with Crippen molar-refractivity contribution in [2.45, 2.75) is 6.42 Å². The van der Waals surface area contributed by atoms with Gasteiger partial charge < -0.3 is 15.3 Å². The Kier molecular flexibility index (Phi) is 3.24. The van der Waals surface area contributed by atoms with Crippen LogP contribution < -0.4 is 10.2 Å². The summed E-state index contributed by atoms with van der Waals surface area (Å²) in [4.78, 5) is 13.8. The van der Waals surface area contributed by atoms with Gasteiger partial charge in [0, 0.05) is 23.7 Å². The number of aromatic hydroxyl groups is 1. The van der Waals surface area contributed by atoms with E-state index in [0.29, 0.717) is 18.0 Å². The summed E-state index contributed by atoms with van der Waals surface area (Å²) in [6.07, 6.45) is 0.396. The lowest BCUT2D eigenvalue weighted by molar-refractivity contribution is -0.115. The monoisotopic (exact) mass is 288 g/mol. The summed E-state index contributed by atoms with van der Waals surface area (Å²) in [5.41, 5.74) is 2.50. The maximum atomic E-state index is 11.8. The number of rotatable bonds is 1. The number of amides is 1. The van der Waals surface area contributed by atoms with E-state index in [1.165, 1.54) is 0 Å². The van der Waals surface area contributed by atoms with Crippen LogP contribution in [0.4, 0.5) is 17.1 Å². The van der Waals surface area contributed by atoms with E-state index in [-0.39, 0.29) is 11.7 Å². The fraction of sp³-hybridized carbons (Fsp3) is 0.133. The van der Waals surface area contributed by atoms with Crippen LogP contribution in [0.2, 0.25) is 5.02 Å². The van der Waals surface area contributed by atoms with Crippen LogP contribution >= 0.6 is 11.6 Å². The molecule has 3 rings (SSSR count). The zero-order chi connectivity index (χ0) is 14.1. The second-order valence-corrected chi connectivity index (χ2v) is 5.06. The first-order chi connectivity index (χ1) is 9.63. The van der Waals surface area contributed by atoms with Crippen molar-refractivity contribution in [1.29, 1.82) is 0 Å². The first-order valence-electron chi connectivity index (χ1n) is 6.29. The lowest BCUT2D eigenvalue weighted by Crippen LogP contribution is -2.18. The van der Waals surface area contributed by atoms with Crippen LogP contribution in [0.15, 0.2) is 42.5 Å². The Morgan fingerprint density at radius 1 is 1.15 bits per heavy atom. The fourth-order valence-electron chi connectivity index (χ4n) is 2.28. The molecule has 0 fully saturated rings. The van der Waals surface area contributed by atoms with Gasteiger partial charge >= 0.3 is 0 Å². The Morgan fingerprint density at radius 2 is 1.90 bits per heavy atom.